The second-order valence-corrected chi connectivity index (χ2v) is 33.0. The Bertz CT molecular complexity index is 5290. The summed E-state index contributed by atoms with van der Waals surface area (Å²) in [6, 6.07) is 147. The molecule has 0 radical (unpaired) electrons. The average molecular weight is 1250 g/mol. The van der Waals surface area contributed by atoms with E-state index in [2.05, 4.69) is 403 Å². The Balaban J connectivity index is 0.985. The molecule has 18 rings (SSSR count). The van der Waals surface area contributed by atoms with E-state index in [0.29, 0.717) is 0 Å². The number of nitrogens with zero attached hydrogens (tertiary/aromatic N) is 3. The molecular formula is C90H64BN3Si2. The van der Waals surface area contributed by atoms with Crippen molar-refractivity contribution in [2.45, 2.75) is 0 Å². The number of rotatable bonds is 13. The summed E-state index contributed by atoms with van der Waals surface area (Å²) in [6.07, 6.45) is 0. The van der Waals surface area contributed by atoms with Crippen LogP contribution in [0.15, 0.2) is 388 Å². The number of fused-ring (bicyclic) bond motifs is 7. The third-order valence-electron chi connectivity index (χ3n) is 20.4. The molecule has 2 aliphatic heterocycles. The van der Waals surface area contributed by atoms with Crippen LogP contribution in [0.3, 0.4) is 0 Å². The van der Waals surface area contributed by atoms with Crippen molar-refractivity contribution in [3.63, 3.8) is 0 Å². The van der Waals surface area contributed by atoms with Crippen LogP contribution >= 0.6 is 0 Å². The number of hydrogen-bond donors (Lipinski definition) is 0. The molecule has 15 aromatic carbocycles. The first-order chi connectivity index (χ1) is 47.7. The molecule has 3 heterocycles. The van der Waals surface area contributed by atoms with Gasteiger partial charge in [0.2, 0.25) is 0 Å². The van der Waals surface area contributed by atoms with E-state index in [0.717, 1.165) is 56.4 Å². The molecule has 0 N–H and O–H groups in total. The highest BCUT2D eigenvalue weighted by Crippen LogP contribution is 2.48. The Morgan fingerprint density at radius 3 is 1.02 bits per heavy atom. The minimum Gasteiger partial charge on any atom is -0.311 e. The third-order valence-corrected chi connectivity index (χ3v) is 30.0. The van der Waals surface area contributed by atoms with Gasteiger partial charge in [-0.1, -0.05) is 328 Å². The van der Waals surface area contributed by atoms with Crippen molar-refractivity contribution in [1.82, 2.24) is 4.57 Å². The van der Waals surface area contributed by atoms with Crippen molar-refractivity contribution < 1.29 is 0 Å². The van der Waals surface area contributed by atoms with Crippen molar-refractivity contribution in [3.8, 4) is 27.9 Å². The standard InChI is InChI=1S/C90H64BN3Si2/c1-9-32-65(33-10-1)67-58-59-82-86(60-67)93(69-37-30-51-78(62-69)96(74-44-19-6-20-45-74,75-46-21-7-22-47-75)76-48-23-8-24-49-76)88-64-70(94-83-55-27-25-52-80(83)81-53-26-28-56-84(81)94)63-87-90(88)91(82)89-79(66-34-11-2-12-35-66)54-31-57-85(89)92(87)68-36-29-50-77(61-68)95(71-38-13-3-14-39-71,72-40-15-4-16-41-72)73-42-17-5-18-43-73/h1-64H. The molecule has 0 bridgehead atoms. The molecule has 0 fully saturated rings. The lowest BCUT2D eigenvalue weighted by atomic mass is 9.32. The van der Waals surface area contributed by atoms with Gasteiger partial charge in [-0.3, -0.25) is 0 Å². The molecule has 3 nitrogen and oxygen atoms in total. The highest BCUT2D eigenvalue weighted by atomic mass is 28.3. The van der Waals surface area contributed by atoms with Gasteiger partial charge < -0.3 is 14.4 Å². The van der Waals surface area contributed by atoms with E-state index in [1.165, 1.54) is 85.3 Å². The largest absolute Gasteiger partial charge is 0.311 e. The van der Waals surface area contributed by atoms with Crippen molar-refractivity contribution in [3.05, 3.63) is 388 Å². The molecule has 0 aliphatic carbocycles. The van der Waals surface area contributed by atoms with E-state index in [4.69, 9.17) is 0 Å². The fourth-order valence-electron chi connectivity index (χ4n) is 16.5. The van der Waals surface area contributed by atoms with Crippen LogP contribution in [-0.4, -0.2) is 27.4 Å². The van der Waals surface area contributed by atoms with E-state index in [-0.39, 0.29) is 6.71 Å². The van der Waals surface area contributed by atoms with Crippen molar-refractivity contribution >= 4 is 137 Å². The monoisotopic (exact) mass is 1250 g/mol. The van der Waals surface area contributed by atoms with Crippen LogP contribution in [-0.2, 0) is 0 Å². The van der Waals surface area contributed by atoms with Crippen LogP contribution in [0, 0.1) is 0 Å². The van der Waals surface area contributed by atoms with Gasteiger partial charge in [-0.25, -0.2) is 0 Å². The van der Waals surface area contributed by atoms with Gasteiger partial charge in [-0.2, -0.15) is 0 Å². The molecule has 0 spiro atoms. The van der Waals surface area contributed by atoms with E-state index in [1.54, 1.807) is 0 Å². The molecule has 0 amide bonds. The fraction of sp³-hybridized carbons (Fsp3) is 0. The Kier molecular flexibility index (Phi) is 14.0. The van der Waals surface area contributed by atoms with Gasteiger partial charge in [0.25, 0.3) is 6.71 Å². The van der Waals surface area contributed by atoms with Gasteiger partial charge in [0.1, 0.15) is 0 Å². The van der Waals surface area contributed by atoms with Crippen LogP contribution in [0.4, 0.5) is 34.1 Å². The van der Waals surface area contributed by atoms with Crippen LogP contribution in [0.1, 0.15) is 0 Å². The molecule has 2 aliphatic rings. The Labute approximate surface area is 563 Å². The highest BCUT2D eigenvalue weighted by Gasteiger charge is 2.48. The third kappa shape index (κ3) is 9.01. The molecule has 1 aromatic heterocycles. The normalized spacial score (nSPS) is 12.5. The lowest BCUT2D eigenvalue weighted by molar-refractivity contribution is 1.16. The summed E-state index contributed by atoms with van der Waals surface area (Å²) in [6.45, 7) is -0.204. The van der Waals surface area contributed by atoms with E-state index in [9.17, 15) is 0 Å². The van der Waals surface area contributed by atoms with Gasteiger partial charge >= 0.3 is 0 Å². The predicted octanol–water partition coefficient (Wildman–Crippen LogP) is 15.0. The number of para-hydroxylation sites is 2. The first-order valence-electron chi connectivity index (χ1n) is 33.3. The zero-order valence-corrected chi connectivity index (χ0v) is 54.9. The van der Waals surface area contributed by atoms with Crippen LogP contribution in [0.2, 0.25) is 0 Å². The lowest BCUT2D eigenvalue weighted by Crippen LogP contribution is -2.74. The maximum Gasteiger partial charge on any atom is 0.252 e. The molecule has 0 atom stereocenters. The molecule has 450 valence electrons. The summed E-state index contributed by atoms with van der Waals surface area (Å²) >= 11 is 0. The first-order valence-corrected chi connectivity index (χ1v) is 37.3. The number of benzene rings is 15. The molecule has 0 saturated carbocycles. The minimum absolute atomic E-state index is 0.204. The van der Waals surface area contributed by atoms with E-state index in [1.807, 2.05) is 0 Å². The first kappa shape index (κ1) is 56.9. The summed E-state index contributed by atoms with van der Waals surface area (Å²) in [5.41, 5.74) is 18.7. The molecule has 0 unspecified atom stereocenters. The van der Waals surface area contributed by atoms with Gasteiger partial charge in [0, 0.05) is 44.9 Å². The van der Waals surface area contributed by atoms with Crippen LogP contribution in [0.25, 0.3) is 49.7 Å². The van der Waals surface area contributed by atoms with Gasteiger partial charge in [0.05, 0.1) is 16.7 Å². The Hall–Kier alpha value is -11.8. The summed E-state index contributed by atoms with van der Waals surface area (Å²) < 4.78 is 2.53. The quantitative estimate of drug-likeness (QED) is 0.0842. The van der Waals surface area contributed by atoms with Crippen LogP contribution in [0.5, 0.6) is 0 Å². The fourth-order valence-corrected chi connectivity index (χ4v) is 26.0. The van der Waals surface area contributed by atoms with Gasteiger partial charge in [-0.15, -0.1) is 0 Å². The zero-order valence-electron chi connectivity index (χ0n) is 52.9. The SMILES string of the molecule is c1ccc(-c2ccc3c(c2)N(c2cccc([Si](c4ccccc4)(c4ccccc4)c4ccccc4)c2)c2cc(-n4c5ccccc5c5ccccc54)cc4c2B3c2c(-c3ccccc3)cccc2N4c2cccc([Si](c3ccccc3)(c3ccccc3)c3ccccc3)c2)cc1. The van der Waals surface area contributed by atoms with E-state index < -0.39 is 16.1 Å². The van der Waals surface area contributed by atoms with E-state index >= 15 is 0 Å². The topological polar surface area (TPSA) is 11.4 Å². The zero-order chi connectivity index (χ0) is 63.6. The van der Waals surface area contributed by atoms with Crippen molar-refractivity contribution in [2.75, 3.05) is 9.80 Å². The minimum atomic E-state index is -3.06. The second-order valence-electron chi connectivity index (χ2n) is 25.4. The number of aromatic nitrogens is 1. The molecular weight excluding hydrogens is 1190 g/mol. The van der Waals surface area contributed by atoms with Crippen molar-refractivity contribution in [2.24, 2.45) is 0 Å². The summed E-state index contributed by atoms with van der Waals surface area (Å²) in [5, 5.41) is 13.0. The maximum absolute atomic E-state index is 3.06. The molecule has 0 saturated heterocycles. The summed E-state index contributed by atoms with van der Waals surface area (Å²) in [4.78, 5) is 5.30. The molecule has 96 heavy (non-hydrogen) atoms. The number of anilines is 6. The molecule has 6 heteroatoms. The lowest BCUT2D eigenvalue weighted by Gasteiger charge is -2.45. The van der Waals surface area contributed by atoms with Crippen LogP contribution < -0.4 is 67.7 Å². The Morgan fingerprint density at radius 1 is 0.219 bits per heavy atom. The van der Waals surface area contributed by atoms with Crippen molar-refractivity contribution in [1.29, 1.82) is 0 Å². The maximum atomic E-state index is 2.65. The smallest absolute Gasteiger partial charge is 0.252 e. The Morgan fingerprint density at radius 2 is 0.583 bits per heavy atom. The van der Waals surface area contributed by atoms with Gasteiger partial charge in [-0.05, 0) is 141 Å². The predicted molar refractivity (Wildman–Crippen MR) is 413 cm³/mol. The second kappa shape index (κ2) is 23.6. The number of hydrogen-bond acceptors (Lipinski definition) is 2. The summed E-state index contributed by atoms with van der Waals surface area (Å²) in [7, 11) is -6.10. The molecule has 16 aromatic rings. The summed E-state index contributed by atoms with van der Waals surface area (Å²) in [5.74, 6) is 0. The highest BCUT2D eigenvalue weighted by molar-refractivity contribution is 7.20. The average Bonchev–Trinajstić information content (AvgIpc) is 0.768. The van der Waals surface area contributed by atoms with Gasteiger partial charge in [0.15, 0.2) is 16.1 Å².